The molecule has 120 valence electrons. The molecule has 0 N–H and O–H groups in total. The van der Waals surface area contributed by atoms with E-state index >= 15 is 0 Å². The van der Waals surface area contributed by atoms with Gasteiger partial charge in [0.15, 0.2) is 0 Å². The minimum Gasteiger partial charge on any atom is -0.300 e. The Morgan fingerprint density at radius 1 is 0.909 bits per heavy atom. The number of Topliss-reactive ketones (excluding diaryl/α,β-unsaturated/α-hetero) is 3. The summed E-state index contributed by atoms with van der Waals surface area (Å²) < 4.78 is 0. The zero-order valence-electron chi connectivity index (χ0n) is 13.7. The molecule has 0 aromatic carbocycles. The summed E-state index contributed by atoms with van der Waals surface area (Å²) in [5, 5.41) is 0. The van der Waals surface area contributed by atoms with Crippen LogP contribution in [0.4, 0.5) is 0 Å². The van der Waals surface area contributed by atoms with Gasteiger partial charge in [0, 0.05) is 38.0 Å². The van der Waals surface area contributed by atoms with Crippen LogP contribution in [-0.2, 0) is 14.4 Å². The lowest BCUT2D eigenvalue weighted by Crippen LogP contribution is -2.56. The fourth-order valence-corrected chi connectivity index (χ4v) is 6.62. The van der Waals surface area contributed by atoms with Crippen LogP contribution in [0.1, 0.15) is 65.2 Å². The maximum atomic E-state index is 12.8. The third-order valence-corrected chi connectivity index (χ3v) is 7.85. The Balaban J connectivity index is 1.70. The highest BCUT2D eigenvalue weighted by Crippen LogP contribution is 2.64. The van der Waals surface area contributed by atoms with Crippen LogP contribution < -0.4 is 0 Å². The molecule has 4 fully saturated rings. The SMILES string of the molecule is C[C@]12CC[C@H]3[C@@H](CC(=O)C4CC(=O)CC[C@@]43C)[C@@H]1CC(=O)C2. The van der Waals surface area contributed by atoms with Crippen LogP contribution in [0.15, 0.2) is 0 Å². The van der Waals surface area contributed by atoms with Crippen molar-refractivity contribution in [2.45, 2.75) is 65.2 Å². The second-order valence-corrected chi connectivity index (χ2v) is 8.96. The maximum Gasteiger partial charge on any atom is 0.137 e. The van der Waals surface area contributed by atoms with E-state index in [0.717, 1.165) is 19.3 Å². The average Bonchev–Trinajstić information content (AvgIpc) is 2.76. The van der Waals surface area contributed by atoms with E-state index in [-0.39, 0.29) is 22.5 Å². The molecule has 3 nitrogen and oxygen atoms in total. The quantitative estimate of drug-likeness (QED) is 0.689. The van der Waals surface area contributed by atoms with E-state index < -0.39 is 0 Å². The minimum absolute atomic E-state index is 0.000871. The molecule has 4 aliphatic rings. The van der Waals surface area contributed by atoms with Crippen molar-refractivity contribution in [3.8, 4) is 0 Å². The molecule has 0 aromatic heterocycles. The predicted molar refractivity (Wildman–Crippen MR) is 82.1 cm³/mol. The van der Waals surface area contributed by atoms with E-state index in [4.69, 9.17) is 0 Å². The third kappa shape index (κ3) is 1.83. The summed E-state index contributed by atoms with van der Waals surface area (Å²) in [5.41, 5.74) is 0.132. The van der Waals surface area contributed by atoms with Gasteiger partial charge < -0.3 is 0 Å². The molecule has 4 saturated carbocycles. The second-order valence-electron chi connectivity index (χ2n) is 8.96. The van der Waals surface area contributed by atoms with Crippen LogP contribution in [0.3, 0.4) is 0 Å². The van der Waals surface area contributed by atoms with Gasteiger partial charge in [-0.25, -0.2) is 0 Å². The van der Waals surface area contributed by atoms with Crippen molar-refractivity contribution in [3.05, 3.63) is 0 Å². The zero-order chi connectivity index (χ0) is 15.7. The van der Waals surface area contributed by atoms with Gasteiger partial charge in [-0.05, 0) is 47.8 Å². The van der Waals surface area contributed by atoms with Crippen LogP contribution in [0.25, 0.3) is 0 Å². The van der Waals surface area contributed by atoms with Crippen LogP contribution in [0.5, 0.6) is 0 Å². The average molecular weight is 302 g/mol. The summed E-state index contributed by atoms with van der Waals surface area (Å²) in [4.78, 5) is 36.7. The molecule has 4 aliphatic carbocycles. The standard InChI is InChI=1S/C19H26O3/c1-18-5-4-14-13(15(18)8-12(21)10-18)9-17(22)16-7-11(20)3-6-19(14,16)2/h13-16H,3-10H2,1-2H3/t13-,14+,15+,16?,18-,19-/m1/s1. The van der Waals surface area contributed by atoms with Gasteiger partial charge >= 0.3 is 0 Å². The fraction of sp³-hybridized carbons (Fsp3) is 0.842. The van der Waals surface area contributed by atoms with Crippen molar-refractivity contribution < 1.29 is 14.4 Å². The topological polar surface area (TPSA) is 51.2 Å². The number of rotatable bonds is 0. The van der Waals surface area contributed by atoms with Crippen LogP contribution in [0, 0.1) is 34.5 Å². The Morgan fingerprint density at radius 2 is 1.68 bits per heavy atom. The van der Waals surface area contributed by atoms with Crippen molar-refractivity contribution in [1.29, 1.82) is 0 Å². The molecule has 0 saturated heterocycles. The van der Waals surface area contributed by atoms with E-state index in [1.54, 1.807) is 0 Å². The lowest BCUT2D eigenvalue weighted by atomic mass is 9.45. The first-order valence-corrected chi connectivity index (χ1v) is 8.90. The number of carbonyl (C=O) groups excluding carboxylic acids is 3. The Hall–Kier alpha value is -0.990. The first kappa shape index (κ1) is 14.6. The van der Waals surface area contributed by atoms with Crippen LogP contribution in [-0.4, -0.2) is 17.3 Å². The summed E-state index contributed by atoms with van der Waals surface area (Å²) in [7, 11) is 0. The molecule has 22 heavy (non-hydrogen) atoms. The molecule has 0 aliphatic heterocycles. The first-order valence-electron chi connectivity index (χ1n) is 8.90. The molecule has 0 spiro atoms. The highest BCUT2D eigenvalue weighted by Gasteiger charge is 2.61. The van der Waals surface area contributed by atoms with Crippen molar-refractivity contribution in [1.82, 2.24) is 0 Å². The number of ketones is 3. The summed E-state index contributed by atoms with van der Waals surface area (Å²) in [5.74, 6) is 2.24. The van der Waals surface area contributed by atoms with Gasteiger partial charge in [0.05, 0.1) is 0 Å². The van der Waals surface area contributed by atoms with E-state index in [1.807, 2.05) is 0 Å². The summed E-state index contributed by atoms with van der Waals surface area (Å²) >= 11 is 0. The minimum atomic E-state index is -0.0449. The first-order chi connectivity index (χ1) is 10.3. The fourth-order valence-electron chi connectivity index (χ4n) is 6.62. The third-order valence-electron chi connectivity index (χ3n) is 7.85. The molecule has 0 radical (unpaired) electrons. The molecular formula is C19H26O3. The normalized spacial score (nSPS) is 51.3. The largest absolute Gasteiger partial charge is 0.300 e. The summed E-state index contributed by atoms with van der Waals surface area (Å²) in [6.07, 6.45) is 6.27. The highest BCUT2D eigenvalue weighted by atomic mass is 16.1. The second kappa shape index (κ2) is 4.52. The Bertz CT molecular complexity index is 565. The maximum absolute atomic E-state index is 12.8. The van der Waals surface area contributed by atoms with Gasteiger partial charge in [-0.3, -0.25) is 14.4 Å². The monoisotopic (exact) mass is 302 g/mol. The van der Waals surface area contributed by atoms with Crippen molar-refractivity contribution in [3.63, 3.8) is 0 Å². The van der Waals surface area contributed by atoms with Crippen molar-refractivity contribution >= 4 is 17.3 Å². The van der Waals surface area contributed by atoms with Gasteiger partial charge in [0.2, 0.25) is 0 Å². The van der Waals surface area contributed by atoms with E-state index in [0.29, 0.717) is 61.4 Å². The lowest BCUT2D eigenvalue weighted by molar-refractivity contribution is -0.157. The molecule has 3 heteroatoms. The number of hydrogen-bond donors (Lipinski definition) is 0. The molecular weight excluding hydrogens is 276 g/mol. The number of hydrogen-bond acceptors (Lipinski definition) is 3. The number of carbonyl (C=O) groups is 3. The van der Waals surface area contributed by atoms with E-state index in [1.165, 1.54) is 0 Å². The van der Waals surface area contributed by atoms with E-state index in [2.05, 4.69) is 13.8 Å². The summed E-state index contributed by atoms with van der Waals surface area (Å²) in [6.45, 7) is 4.53. The predicted octanol–water partition coefficient (Wildman–Crippen LogP) is 3.35. The van der Waals surface area contributed by atoms with Gasteiger partial charge in [-0.15, -0.1) is 0 Å². The smallest absolute Gasteiger partial charge is 0.137 e. The Kier molecular flexibility index (Phi) is 3.00. The molecule has 6 atom stereocenters. The van der Waals surface area contributed by atoms with Crippen LogP contribution in [0.2, 0.25) is 0 Å². The lowest BCUT2D eigenvalue weighted by Gasteiger charge is -2.58. The molecule has 1 unspecified atom stereocenters. The van der Waals surface area contributed by atoms with Crippen molar-refractivity contribution in [2.75, 3.05) is 0 Å². The molecule has 0 heterocycles. The van der Waals surface area contributed by atoms with E-state index in [9.17, 15) is 14.4 Å². The van der Waals surface area contributed by atoms with Crippen molar-refractivity contribution in [2.24, 2.45) is 34.5 Å². The molecule has 0 aromatic rings. The molecule has 0 amide bonds. The number of fused-ring (bicyclic) bond motifs is 5. The molecule has 4 rings (SSSR count). The van der Waals surface area contributed by atoms with Gasteiger partial charge in [-0.2, -0.15) is 0 Å². The Labute approximate surface area is 132 Å². The highest BCUT2D eigenvalue weighted by molar-refractivity contribution is 5.91. The Morgan fingerprint density at radius 3 is 2.45 bits per heavy atom. The summed E-state index contributed by atoms with van der Waals surface area (Å²) in [6, 6.07) is 0. The van der Waals surface area contributed by atoms with Gasteiger partial charge in [0.1, 0.15) is 17.3 Å². The molecule has 0 bridgehead atoms. The van der Waals surface area contributed by atoms with Crippen LogP contribution >= 0.6 is 0 Å². The van der Waals surface area contributed by atoms with Gasteiger partial charge in [-0.1, -0.05) is 13.8 Å². The van der Waals surface area contributed by atoms with Gasteiger partial charge in [0.25, 0.3) is 0 Å². The zero-order valence-corrected chi connectivity index (χ0v) is 13.7.